The van der Waals surface area contributed by atoms with Crippen LogP contribution in [-0.2, 0) is 6.54 Å². The molecule has 1 aromatic heterocycles. The number of anilines is 1. The average molecular weight is 306 g/mol. The first-order chi connectivity index (χ1) is 11.0. The van der Waals surface area contributed by atoms with Crippen LogP contribution in [0.4, 0.5) is 5.69 Å². The molecule has 0 amide bonds. The third-order valence-electron chi connectivity index (χ3n) is 4.37. The van der Waals surface area contributed by atoms with Gasteiger partial charge >= 0.3 is 0 Å². The van der Waals surface area contributed by atoms with Crippen molar-refractivity contribution in [1.29, 1.82) is 0 Å². The number of aromatic nitrogens is 1. The van der Waals surface area contributed by atoms with Crippen LogP contribution in [0.5, 0.6) is 0 Å². The fraction of sp³-hybridized carbons (Fsp3) is 0.250. The monoisotopic (exact) mass is 306 g/mol. The van der Waals surface area contributed by atoms with Gasteiger partial charge in [0.2, 0.25) is 0 Å². The molecule has 0 aliphatic carbocycles. The van der Waals surface area contributed by atoms with E-state index in [4.69, 9.17) is 0 Å². The van der Waals surface area contributed by atoms with Crippen LogP contribution < -0.4 is 10.9 Å². The number of rotatable bonds is 3. The standard InChI is InChI=1S/C20H22N2O/c1-12-5-8-18(15(4)9-12)21-11-16-10-17-13(2)6-7-14(3)19(17)22-20(16)23/h5-10,21H,11H2,1-4H3,(H,22,23). The van der Waals surface area contributed by atoms with Crippen molar-refractivity contribution >= 4 is 16.6 Å². The van der Waals surface area contributed by atoms with Crippen molar-refractivity contribution in [3.63, 3.8) is 0 Å². The Labute approximate surface area is 136 Å². The van der Waals surface area contributed by atoms with Crippen molar-refractivity contribution < 1.29 is 0 Å². The van der Waals surface area contributed by atoms with Crippen LogP contribution in [0.25, 0.3) is 10.9 Å². The molecule has 3 heteroatoms. The van der Waals surface area contributed by atoms with E-state index in [1.54, 1.807) is 0 Å². The Morgan fingerprint density at radius 1 is 0.913 bits per heavy atom. The van der Waals surface area contributed by atoms with Gasteiger partial charge in [-0.1, -0.05) is 29.8 Å². The molecule has 3 nitrogen and oxygen atoms in total. The number of hydrogen-bond donors (Lipinski definition) is 2. The van der Waals surface area contributed by atoms with Crippen molar-refractivity contribution in [2.24, 2.45) is 0 Å². The normalized spacial score (nSPS) is 11.0. The van der Waals surface area contributed by atoms with E-state index in [1.165, 1.54) is 16.7 Å². The molecule has 23 heavy (non-hydrogen) atoms. The second kappa shape index (κ2) is 5.92. The van der Waals surface area contributed by atoms with Crippen molar-refractivity contribution in [2.45, 2.75) is 34.2 Å². The van der Waals surface area contributed by atoms with E-state index in [2.05, 4.69) is 55.3 Å². The maximum Gasteiger partial charge on any atom is 0.253 e. The molecule has 0 radical (unpaired) electrons. The summed E-state index contributed by atoms with van der Waals surface area (Å²) < 4.78 is 0. The van der Waals surface area contributed by atoms with Gasteiger partial charge in [-0.3, -0.25) is 4.79 Å². The predicted octanol–water partition coefficient (Wildman–Crippen LogP) is 4.37. The Bertz CT molecular complexity index is 938. The van der Waals surface area contributed by atoms with Crippen LogP contribution in [-0.4, -0.2) is 4.98 Å². The summed E-state index contributed by atoms with van der Waals surface area (Å²) in [5, 5.41) is 4.49. The quantitative estimate of drug-likeness (QED) is 0.754. The van der Waals surface area contributed by atoms with Crippen LogP contribution in [0.15, 0.2) is 41.2 Å². The Kier molecular flexibility index (Phi) is 3.95. The first kappa shape index (κ1) is 15.3. The molecule has 0 unspecified atom stereocenters. The predicted molar refractivity (Wildman–Crippen MR) is 97.3 cm³/mol. The highest BCUT2D eigenvalue weighted by Crippen LogP contribution is 2.21. The summed E-state index contributed by atoms with van der Waals surface area (Å²) in [4.78, 5) is 15.4. The third-order valence-corrected chi connectivity index (χ3v) is 4.37. The Hall–Kier alpha value is -2.55. The van der Waals surface area contributed by atoms with Gasteiger partial charge in [0.25, 0.3) is 5.56 Å². The first-order valence-electron chi connectivity index (χ1n) is 7.89. The highest BCUT2D eigenvalue weighted by molar-refractivity contribution is 5.85. The van der Waals surface area contributed by atoms with Gasteiger partial charge in [-0.2, -0.15) is 0 Å². The lowest BCUT2D eigenvalue weighted by atomic mass is 10.0. The van der Waals surface area contributed by atoms with E-state index in [0.29, 0.717) is 6.54 Å². The van der Waals surface area contributed by atoms with Crippen LogP contribution in [0.1, 0.15) is 27.8 Å². The molecular formula is C20H22N2O. The maximum absolute atomic E-state index is 12.4. The molecular weight excluding hydrogens is 284 g/mol. The Morgan fingerprint density at radius 2 is 1.65 bits per heavy atom. The van der Waals surface area contributed by atoms with Gasteiger partial charge in [-0.25, -0.2) is 0 Å². The lowest BCUT2D eigenvalue weighted by Crippen LogP contribution is -2.16. The highest BCUT2D eigenvalue weighted by Gasteiger charge is 2.07. The van der Waals surface area contributed by atoms with Crippen LogP contribution >= 0.6 is 0 Å². The van der Waals surface area contributed by atoms with Gasteiger partial charge < -0.3 is 10.3 Å². The molecule has 0 saturated carbocycles. The molecule has 2 aromatic carbocycles. The molecule has 1 heterocycles. The fourth-order valence-electron chi connectivity index (χ4n) is 2.95. The summed E-state index contributed by atoms with van der Waals surface area (Å²) in [6.45, 7) is 8.76. The summed E-state index contributed by atoms with van der Waals surface area (Å²) in [7, 11) is 0. The summed E-state index contributed by atoms with van der Waals surface area (Å²) in [6, 6.07) is 12.4. The molecule has 0 atom stereocenters. The maximum atomic E-state index is 12.4. The van der Waals surface area contributed by atoms with Crippen LogP contribution in [0.3, 0.4) is 0 Å². The van der Waals surface area contributed by atoms with Crippen molar-refractivity contribution in [2.75, 3.05) is 5.32 Å². The van der Waals surface area contributed by atoms with Gasteiger partial charge in [-0.15, -0.1) is 0 Å². The second-order valence-electron chi connectivity index (χ2n) is 6.28. The van der Waals surface area contributed by atoms with E-state index in [1.807, 2.05) is 19.1 Å². The zero-order valence-electron chi connectivity index (χ0n) is 14.1. The molecule has 2 N–H and O–H groups in total. The van der Waals surface area contributed by atoms with Crippen LogP contribution in [0, 0.1) is 27.7 Å². The molecule has 118 valence electrons. The van der Waals surface area contributed by atoms with E-state index >= 15 is 0 Å². The van der Waals surface area contributed by atoms with Crippen molar-refractivity contribution in [1.82, 2.24) is 4.98 Å². The van der Waals surface area contributed by atoms with Crippen molar-refractivity contribution in [3.05, 3.63) is 74.6 Å². The summed E-state index contributed by atoms with van der Waals surface area (Å²) >= 11 is 0. The van der Waals surface area contributed by atoms with E-state index in [-0.39, 0.29) is 5.56 Å². The van der Waals surface area contributed by atoms with Crippen LogP contribution in [0.2, 0.25) is 0 Å². The van der Waals surface area contributed by atoms with Gasteiger partial charge in [0.05, 0.1) is 5.52 Å². The summed E-state index contributed by atoms with van der Waals surface area (Å²) in [5.74, 6) is 0. The Balaban J connectivity index is 1.95. The first-order valence-corrected chi connectivity index (χ1v) is 7.89. The van der Waals surface area contributed by atoms with Gasteiger partial charge in [0, 0.05) is 23.2 Å². The number of benzene rings is 2. The lowest BCUT2D eigenvalue weighted by molar-refractivity contribution is 1.08. The zero-order valence-corrected chi connectivity index (χ0v) is 14.1. The average Bonchev–Trinajstić information content (AvgIpc) is 2.51. The largest absolute Gasteiger partial charge is 0.381 e. The van der Waals surface area contributed by atoms with E-state index in [0.717, 1.165) is 27.7 Å². The van der Waals surface area contributed by atoms with Gasteiger partial charge in [-0.05, 0) is 56.5 Å². The van der Waals surface area contributed by atoms with E-state index < -0.39 is 0 Å². The molecule has 3 aromatic rings. The molecule has 0 fully saturated rings. The zero-order chi connectivity index (χ0) is 16.6. The number of fused-ring (bicyclic) bond motifs is 1. The second-order valence-corrected chi connectivity index (χ2v) is 6.28. The minimum Gasteiger partial charge on any atom is -0.381 e. The number of aryl methyl sites for hydroxylation is 4. The molecule has 0 aliphatic heterocycles. The van der Waals surface area contributed by atoms with E-state index in [9.17, 15) is 4.79 Å². The molecule has 3 rings (SSSR count). The number of nitrogens with one attached hydrogen (secondary N) is 2. The highest BCUT2D eigenvalue weighted by atomic mass is 16.1. The molecule has 0 aliphatic rings. The van der Waals surface area contributed by atoms with Crippen molar-refractivity contribution in [3.8, 4) is 0 Å². The lowest BCUT2D eigenvalue weighted by Gasteiger charge is -2.12. The fourth-order valence-corrected chi connectivity index (χ4v) is 2.95. The summed E-state index contributed by atoms with van der Waals surface area (Å²) in [5.41, 5.74) is 7.43. The minimum absolute atomic E-state index is 0.0246. The smallest absolute Gasteiger partial charge is 0.253 e. The number of pyridine rings is 1. The van der Waals surface area contributed by atoms with Gasteiger partial charge in [0.1, 0.15) is 0 Å². The Morgan fingerprint density at radius 3 is 2.39 bits per heavy atom. The molecule has 0 spiro atoms. The molecule has 0 bridgehead atoms. The number of aromatic amines is 1. The topological polar surface area (TPSA) is 44.9 Å². The third kappa shape index (κ3) is 3.00. The van der Waals surface area contributed by atoms with Gasteiger partial charge in [0.15, 0.2) is 0 Å². The minimum atomic E-state index is -0.0246. The number of H-pyrrole nitrogens is 1. The SMILES string of the molecule is Cc1ccc(NCc2cc3c(C)ccc(C)c3[nH]c2=O)c(C)c1. The summed E-state index contributed by atoms with van der Waals surface area (Å²) in [6.07, 6.45) is 0. The number of hydrogen-bond acceptors (Lipinski definition) is 2. The molecule has 0 saturated heterocycles.